The number of sulfonamides is 1. The minimum absolute atomic E-state index is 0.101. The van der Waals surface area contributed by atoms with E-state index >= 15 is 0 Å². The number of benzene rings is 3. The lowest BCUT2D eigenvalue weighted by Gasteiger charge is -2.34. The summed E-state index contributed by atoms with van der Waals surface area (Å²) < 4.78 is 28.5. The van der Waals surface area contributed by atoms with E-state index in [2.05, 4.69) is 52.1 Å². The van der Waals surface area contributed by atoms with Crippen molar-refractivity contribution in [3.05, 3.63) is 96.1 Å². The molecule has 0 radical (unpaired) electrons. The molecule has 0 saturated carbocycles. The number of aryl methyl sites for hydroxylation is 1. The molecule has 0 spiro atoms. The minimum Gasteiger partial charge on any atom is -0.371 e. The molecule has 4 nitrogen and oxygen atoms in total. The molecule has 1 fully saturated rings. The van der Waals surface area contributed by atoms with Crippen molar-refractivity contribution in [2.45, 2.75) is 55.9 Å². The number of nitrogens with one attached hydrogen (secondary N) is 1. The highest BCUT2D eigenvalue weighted by atomic mass is 32.2. The van der Waals surface area contributed by atoms with Gasteiger partial charge in [-0.15, -0.1) is 0 Å². The van der Waals surface area contributed by atoms with Crippen LogP contribution in [0.3, 0.4) is 0 Å². The molecule has 3 aromatic carbocycles. The Morgan fingerprint density at radius 3 is 2.12 bits per heavy atom. The Bertz CT molecular complexity index is 1090. The predicted octanol–water partition coefficient (Wildman–Crippen LogP) is 5.76. The van der Waals surface area contributed by atoms with Crippen LogP contribution in [0, 0.1) is 0 Å². The van der Waals surface area contributed by atoms with Crippen LogP contribution in [-0.2, 0) is 16.4 Å². The molecule has 1 unspecified atom stereocenters. The third-order valence-corrected chi connectivity index (χ3v) is 8.19. The van der Waals surface area contributed by atoms with Crippen molar-refractivity contribution in [3.8, 4) is 0 Å². The second kappa shape index (κ2) is 11.0. The van der Waals surface area contributed by atoms with E-state index in [0.29, 0.717) is 10.8 Å². The Morgan fingerprint density at radius 1 is 0.879 bits per heavy atom. The summed E-state index contributed by atoms with van der Waals surface area (Å²) in [6.07, 6.45) is 4.95. The van der Waals surface area contributed by atoms with Crippen molar-refractivity contribution in [3.63, 3.8) is 0 Å². The monoisotopic (exact) mass is 462 g/mol. The number of rotatable bonds is 9. The quantitative estimate of drug-likeness (QED) is 0.440. The summed E-state index contributed by atoms with van der Waals surface area (Å²) in [6.45, 7) is 3.92. The van der Waals surface area contributed by atoms with Gasteiger partial charge in [-0.2, -0.15) is 0 Å². The first-order chi connectivity index (χ1) is 16.0. The highest BCUT2D eigenvalue weighted by Gasteiger charge is 2.22. The summed E-state index contributed by atoms with van der Waals surface area (Å²) in [4.78, 5) is 2.69. The topological polar surface area (TPSA) is 49.4 Å². The molecular formula is C28H34N2O2S. The fourth-order valence-corrected chi connectivity index (χ4v) is 5.96. The van der Waals surface area contributed by atoms with Crippen LogP contribution in [0.25, 0.3) is 0 Å². The van der Waals surface area contributed by atoms with Gasteiger partial charge in [-0.3, -0.25) is 0 Å². The molecule has 174 valence electrons. The van der Waals surface area contributed by atoms with Crippen LogP contribution in [0.4, 0.5) is 5.69 Å². The summed E-state index contributed by atoms with van der Waals surface area (Å²) >= 11 is 0. The Morgan fingerprint density at radius 2 is 1.48 bits per heavy atom. The lowest BCUT2D eigenvalue weighted by molar-refractivity contribution is 0.505. The Kier molecular flexibility index (Phi) is 7.84. The van der Waals surface area contributed by atoms with E-state index in [9.17, 15) is 8.42 Å². The molecular weight excluding hydrogens is 428 g/mol. The number of anilines is 1. The fraction of sp³-hybridized carbons (Fsp3) is 0.357. The van der Waals surface area contributed by atoms with Gasteiger partial charge in [0.15, 0.2) is 0 Å². The highest BCUT2D eigenvalue weighted by Crippen LogP contribution is 2.30. The molecule has 0 amide bonds. The predicted molar refractivity (Wildman–Crippen MR) is 136 cm³/mol. The average molecular weight is 463 g/mol. The molecule has 0 bridgehead atoms. The first kappa shape index (κ1) is 23.5. The van der Waals surface area contributed by atoms with Gasteiger partial charge in [0, 0.05) is 24.8 Å². The number of hydrogen-bond acceptors (Lipinski definition) is 3. The molecule has 0 aliphatic carbocycles. The molecule has 1 heterocycles. The van der Waals surface area contributed by atoms with Gasteiger partial charge in [0.1, 0.15) is 0 Å². The van der Waals surface area contributed by atoms with Gasteiger partial charge < -0.3 is 4.90 Å². The second-order valence-corrected chi connectivity index (χ2v) is 10.8. The summed E-state index contributed by atoms with van der Waals surface area (Å²) in [5.74, 6) is 0.606. The molecule has 1 aliphatic rings. The van der Waals surface area contributed by atoms with Gasteiger partial charge >= 0.3 is 0 Å². The Balaban J connectivity index is 1.28. The highest BCUT2D eigenvalue weighted by molar-refractivity contribution is 7.89. The molecule has 1 N–H and O–H groups in total. The number of nitrogens with zero attached hydrogens (tertiary/aromatic N) is 1. The van der Waals surface area contributed by atoms with Crippen LogP contribution in [0.5, 0.6) is 0 Å². The molecule has 3 aromatic rings. The summed E-state index contributed by atoms with van der Waals surface area (Å²) in [6, 6.07) is 28.3. The summed E-state index contributed by atoms with van der Waals surface area (Å²) in [5.41, 5.74) is 3.80. The zero-order chi connectivity index (χ0) is 23.1. The summed E-state index contributed by atoms with van der Waals surface area (Å²) in [5, 5.41) is 0. The van der Waals surface area contributed by atoms with Crippen LogP contribution < -0.4 is 9.62 Å². The van der Waals surface area contributed by atoms with Crippen LogP contribution in [0.1, 0.15) is 49.7 Å². The van der Waals surface area contributed by atoms with E-state index in [4.69, 9.17) is 0 Å². The zero-order valence-electron chi connectivity index (χ0n) is 19.4. The Labute approximate surface area is 198 Å². The molecule has 1 saturated heterocycles. The van der Waals surface area contributed by atoms with E-state index in [1.54, 1.807) is 12.1 Å². The van der Waals surface area contributed by atoms with Crippen LogP contribution >= 0.6 is 0 Å². The van der Waals surface area contributed by atoms with Crippen molar-refractivity contribution in [1.29, 1.82) is 0 Å². The second-order valence-electron chi connectivity index (χ2n) is 9.07. The van der Waals surface area contributed by atoms with E-state index in [1.807, 2.05) is 37.3 Å². The maximum absolute atomic E-state index is 12.8. The van der Waals surface area contributed by atoms with Crippen molar-refractivity contribution >= 4 is 15.7 Å². The first-order valence-electron chi connectivity index (χ1n) is 12.0. The minimum atomic E-state index is -3.52. The standard InChI is InChI=1S/C28H34N2O2S/c1-23(9-8-12-24-10-4-2-5-11-24)29-33(31,32)28-17-15-27(16-18-28)30-21-19-26(20-22-30)25-13-6-3-7-14-25/h2-7,10-11,13-18,23,26,29H,8-9,12,19-22H2,1H3. The Hall–Kier alpha value is -2.63. The maximum Gasteiger partial charge on any atom is 0.240 e. The van der Waals surface area contributed by atoms with Gasteiger partial charge in [-0.25, -0.2) is 13.1 Å². The van der Waals surface area contributed by atoms with Gasteiger partial charge in [-0.1, -0.05) is 60.7 Å². The van der Waals surface area contributed by atoms with Crippen LogP contribution in [0.2, 0.25) is 0 Å². The molecule has 4 rings (SSSR count). The van der Waals surface area contributed by atoms with Crippen molar-refractivity contribution < 1.29 is 8.42 Å². The molecule has 0 aromatic heterocycles. The van der Waals surface area contributed by atoms with Crippen molar-refractivity contribution in [2.24, 2.45) is 0 Å². The fourth-order valence-electron chi connectivity index (χ4n) is 4.68. The van der Waals surface area contributed by atoms with E-state index in [1.165, 1.54) is 11.1 Å². The lowest BCUT2D eigenvalue weighted by atomic mass is 9.89. The van der Waals surface area contributed by atoms with Crippen molar-refractivity contribution in [1.82, 2.24) is 4.72 Å². The van der Waals surface area contributed by atoms with E-state index in [-0.39, 0.29) is 6.04 Å². The first-order valence-corrected chi connectivity index (χ1v) is 13.5. The summed E-state index contributed by atoms with van der Waals surface area (Å²) in [7, 11) is -3.52. The molecule has 33 heavy (non-hydrogen) atoms. The lowest BCUT2D eigenvalue weighted by Crippen LogP contribution is -2.33. The SMILES string of the molecule is CC(CCCc1ccccc1)NS(=O)(=O)c1ccc(N2CCC(c3ccccc3)CC2)cc1. The third-order valence-electron chi connectivity index (χ3n) is 6.58. The van der Waals surface area contributed by atoms with Gasteiger partial charge in [0.2, 0.25) is 10.0 Å². The van der Waals surface area contributed by atoms with E-state index < -0.39 is 10.0 Å². The van der Waals surface area contributed by atoms with Crippen LogP contribution in [-0.4, -0.2) is 27.5 Å². The maximum atomic E-state index is 12.8. The molecule has 1 aliphatic heterocycles. The van der Waals surface area contributed by atoms with E-state index in [0.717, 1.165) is 50.9 Å². The zero-order valence-corrected chi connectivity index (χ0v) is 20.2. The van der Waals surface area contributed by atoms with Crippen molar-refractivity contribution in [2.75, 3.05) is 18.0 Å². The number of piperidine rings is 1. The average Bonchev–Trinajstić information content (AvgIpc) is 2.85. The molecule has 5 heteroatoms. The van der Waals surface area contributed by atoms with Gasteiger partial charge in [0.25, 0.3) is 0 Å². The molecule has 1 atom stereocenters. The van der Waals surface area contributed by atoms with Gasteiger partial charge in [-0.05, 0) is 80.3 Å². The smallest absolute Gasteiger partial charge is 0.240 e. The third kappa shape index (κ3) is 6.46. The largest absolute Gasteiger partial charge is 0.371 e. The normalized spacial score (nSPS) is 16.0. The van der Waals surface area contributed by atoms with Crippen LogP contribution in [0.15, 0.2) is 89.8 Å². The van der Waals surface area contributed by atoms with Gasteiger partial charge in [0.05, 0.1) is 4.90 Å². The number of hydrogen-bond donors (Lipinski definition) is 1.